The van der Waals surface area contributed by atoms with Crippen LogP contribution in [0.25, 0.3) is 0 Å². The lowest BCUT2D eigenvalue weighted by atomic mass is 10.2. The molecule has 112 valence electrons. The van der Waals surface area contributed by atoms with Crippen molar-refractivity contribution in [3.8, 4) is 0 Å². The average Bonchev–Trinajstić information content (AvgIpc) is 2.46. The highest BCUT2D eigenvalue weighted by molar-refractivity contribution is 7.80. The van der Waals surface area contributed by atoms with Gasteiger partial charge in [-0.15, -0.1) is 0 Å². The van der Waals surface area contributed by atoms with Crippen molar-refractivity contribution in [3.05, 3.63) is 42.1 Å². The molecule has 1 aliphatic heterocycles. The molecule has 0 radical (unpaired) electrons. The lowest BCUT2D eigenvalue weighted by Gasteiger charge is -2.22. The van der Waals surface area contributed by atoms with Gasteiger partial charge in [-0.25, -0.2) is 0 Å². The fourth-order valence-electron chi connectivity index (χ4n) is 1.70. The highest BCUT2D eigenvalue weighted by Crippen LogP contribution is 2.34. The maximum absolute atomic E-state index is 12.8. The first-order valence-electron chi connectivity index (χ1n) is 6.08. The van der Waals surface area contributed by atoms with Crippen LogP contribution in [0.3, 0.4) is 0 Å². The molecule has 8 heteroatoms. The quantitative estimate of drug-likeness (QED) is 0.842. The first-order chi connectivity index (χ1) is 9.97. The topological polar surface area (TPSA) is 39.7 Å². The summed E-state index contributed by atoms with van der Waals surface area (Å²) < 4.78 is 38.5. The van der Waals surface area contributed by atoms with Crippen molar-refractivity contribution in [1.82, 2.24) is 10.2 Å². The van der Waals surface area contributed by atoms with Crippen LogP contribution >= 0.6 is 12.2 Å². The van der Waals surface area contributed by atoms with E-state index < -0.39 is 11.7 Å². The van der Waals surface area contributed by atoms with E-state index in [0.717, 1.165) is 6.07 Å². The molecular formula is C13H13F3N4S. The molecule has 1 heterocycles. The van der Waals surface area contributed by atoms with E-state index in [0.29, 0.717) is 13.3 Å². The van der Waals surface area contributed by atoms with Crippen molar-refractivity contribution in [2.24, 2.45) is 4.99 Å². The number of alkyl halides is 3. The Morgan fingerprint density at radius 2 is 2.10 bits per heavy atom. The molecule has 2 rings (SSSR count). The van der Waals surface area contributed by atoms with Gasteiger partial charge in [0.05, 0.1) is 17.9 Å². The standard InChI is InChI=1S/C13H13F3N4S/c14-13(15,16)10-4-1-2-5-11(10)19-12(21)18-9-20-7-3-6-17-8-20/h1-7H,8-9H2,(H2,18,19,21). The zero-order valence-electron chi connectivity index (χ0n) is 10.9. The molecule has 1 aliphatic rings. The SMILES string of the molecule is FC(F)(F)c1ccccc1NC(=S)NCN1C=CC=NC1. The molecule has 1 aromatic rings. The number of hydrogen-bond acceptors (Lipinski definition) is 3. The van der Waals surface area contributed by atoms with Crippen molar-refractivity contribution in [3.63, 3.8) is 0 Å². The molecule has 0 aliphatic carbocycles. The Morgan fingerprint density at radius 1 is 1.33 bits per heavy atom. The number of aliphatic imine (C=N–C) groups is 1. The van der Waals surface area contributed by atoms with Gasteiger partial charge >= 0.3 is 6.18 Å². The van der Waals surface area contributed by atoms with Gasteiger partial charge in [0.2, 0.25) is 0 Å². The number of benzene rings is 1. The third-order valence-electron chi connectivity index (χ3n) is 2.68. The fraction of sp³-hybridized carbons (Fsp3) is 0.231. The first kappa shape index (κ1) is 15.3. The summed E-state index contributed by atoms with van der Waals surface area (Å²) in [5.74, 6) is 0. The number of nitrogens with zero attached hydrogens (tertiary/aromatic N) is 2. The summed E-state index contributed by atoms with van der Waals surface area (Å²) in [6.07, 6.45) is 0.822. The number of hydrogen-bond donors (Lipinski definition) is 2. The Bertz CT molecular complexity index is 569. The summed E-state index contributed by atoms with van der Waals surface area (Å²) in [7, 11) is 0. The van der Waals surface area contributed by atoms with Crippen LogP contribution in [0.1, 0.15) is 5.56 Å². The molecule has 0 fully saturated rings. The lowest BCUT2D eigenvalue weighted by Crippen LogP contribution is -2.38. The molecular weight excluding hydrogens is 301 g/mol. The Hall–Kier alpha value is -2.09. The summed E-state index contributed by atoms with van der Waals surface area (Å²) in [4.78, 5) is 5.85. The first-order valence-corrected chi connectivity index (χ1v) is 6.49. The second-order valence-electron chi connectivity index (χ2n) is 4.24. The number of anilines is 1. The van der Waals surface area contributed by atoms with Crippen LogP contribution in [-0.2, 0) is 6.18 Å². The minimum absolute atomic E-state index is 0.0743. The number of allylic oxidation sites excluding steroid dienone is 1. The van der Waals surface area contributed by atoms with Gasteiger partial charge < -0.3 is 15.5 Å². The third-order valence-corrected chi connectivity index (χ3v) is 2.92. The molecule has 2 N–H and O–H groups in total. The van der Waals surface area contributed by atoms with E-state index >= 15 is 0 Å². The monoisotopic (exact) mass is 314 g/mol. The number of nitrogens with one attached hydrogen (secondary N) is 2. The van der Waals surface area contributed by atoms with Crippen molar-refractivity contribution in [2.45, 2.75) is 6.18 Å². The van der Waals surface area contributed by atoms with Gasteiger partial charge in [-0.3, -0.25) is 4.99 Å². The fourth-order valence-corrected chi connectivity index (χ4v) is 1.88. The van der Waals surface area contributed by atoms with Crippen molar-refractivity contribution < 1.29 is 13.2 Å². The van der Waals surface area contributed by atoms with Crippen molar-refractivity contribution >= 4 is 29.2 Å². The second-order valence-corrected chi connectivity index (χ2v) is 4.64. The molecule has 0 atom stereocenters. The highest BCUT2D eigenvalue weighted by atomic mass is 32.1. The maximum atomic E-state index is 12.8. The molecule has 0 unspecified atom stereocenters. The Morgan fingerprint density at radius 3 is 2.76 bits per heavy atom. The summed E-state index contributed by atoms with van der Waals surface area (Å²) in [6.45, 7) is 0.832. The number of halogens is 3. The average molecular weight is 314 g/mol. The Kier molecular flexibility index (Phi) is 4.79. The Labute approximate surface area is 125 Å². The number of rotatable bonds is 3. The molecule has 0 saturated carbocycles. The predicted octanol–water partition coefficient (Wildman–Crippen LogP) is 2.81. The Balaban J connectivity index is 1.94. The van der Waals surface area contributed by atoms with Gasteiger partial charge in [0.15, 0.2) is 5.11 Å². The smallest absolute Gasteiger partial charge is 0.345 e. The second kappa shape index (κ2) is 6.57. The minimum Gasteiger partial charge on any atom is -0.345 e. The van der Waals surface area contributed by atoms with Gasteiger partial charge in [0.1, 0.15) is 6.67 Å². The van der Waals surface area contributed by atoms with Crippen LogP contribution in [-0.4, -0.2) is 29.6 Å². The molecule has 21 heavy (non-hydrogen) atoms. The van der Waals surface area contributed by atoms with Gasteiger partial charge in [-0.05, 0) is 30.4 Å². The molecule has 0 aromatic heterocycles. The van der Waals surface area contributed by atoms with Gasteiger partial charge in [0.25, 0.3) is 0 Å². The van der Waals surface area contributed by atoms with E-state index in [2.05, 4.69) is 15.6 Å². The van der Waals surface area contributed by atoms with Crippen LogP contribution in [0.4, 0.5) is 18.9 Å². The molecule has 4 nitrogen and oxygen atoms in total. The predicted molar refractivity (Wildman–Crippen MR) is 80.0 cm³/mol. The zero-order chi connectivity index (χ0) is 15.3. The summed E-state index contributed by atoms with van der Waals surface area (Å²) >= 11 is 5.01. The van der Waals surface area contributed by atoms with E-state index in [9.17, 15) is 13.2 Å². The summed E-state index contributed by atoms with van der Waals surface area (Å²) in [5.41, 5.74) is -0.827. The van der Waals surface area contributed by atoms with Crippen LogP contribution in [0.2, 0.25) is 0 Å². The normalized spacial score (nSPS) is 14.1. The van der Waals surface area contributed by atoms with Gasteiger partial charge in [0, 0.05) is 12.4 Å². The van der Waals surface area contributed by atoms with Crippen LogP contribution in [0.15, 0.2) is 41.5 Å². The lowest BCUT2D eigenvalue weighted by molar-refractivity contribution is -0.136. The molecule has 0 amide bonds. The van der Waals surface area contributed by atoms with E-state index in [-0.39, 0.29) is 10.8 Å². The largest absolute Gasteiger partial charge is 0.418 e. The van der Waals surface area contributed by atoms with Crippen LogP contribution in [0, 0.1) is 0 Å². The third kappa shape index (κ3) is 4.45. The van der Waals surface area contributed by atoms with E-state index in [1.165, 1.54) is 18.2 Å². The van der Waals surface area contributed by atoms with Crippen molar-refractivity contribution in [1.29, 1.82) is 0 Å². The molecule has 1 aromatic carbocycles. The minimum atomic E-state index is -4.43. The molecule has 0 bridgehead atoms. The number of para-hydroxylation sites is 1. The maximum Gasteiger partial charge on any atom is 0.418 e. The van der Waals surface area contributed by atoms with Gasteiger partial charge in [-0.1, -0.05) is 12.1 Å². The number of thiocarbonyl (C=S) groups is 1. The van der Waals surface area contributed by atoms with Crippen molar-refractivity contribution in [2.75, 3.05) is 18.7 Å². The van der Waals surface area contributed by atoms with Crippen LogP contribution < -0.4 is 10.6 Å². The van der Waals surface area contributed by atoms with E-state index in [1.807, 2.05) is 11.1 Å². The summed E-state index contributed by atoms with van der Waals surface area (Å²) in [6, 6.07) is 5.19. The van der Waals surface area contributed by atoms with Gasteiger partial charge in [-0.2, -0.15) is 13.2 Å². The van der Waals surface area contributed by atoms with Crippen LogP contribution in [0.5, 0.6) is 0 Å². The van der Waals surface area contributed by atoms with E-state index in [1.54, 1.807) is 12.3 Å². The van der Waals surface area contributed by atoms with E-state index in [4.69, 9.17) is 12.2 Å². The highest BCUT2D eigenvalue weighted by Gasteiger charge is 2.33. The molecule has 0 saturated heterocycles. The summed E-state index contributed by atoms with van der Waals surface area (Å²) in [5, 5.41) is 5.52. The zero-order valence-corrected chi connectivity index (χ0v) is 11.7. The molecule has 0 spiro atoms.